The van der Waals surface area contributed by atoms with E-state index in [0.717, 1.165) is 57.2 Å². The second-order valence-electron chi connectivity index (χ2n) is 7.98. The Morgan fingerprint density at radius 1 is 1.15 bits per heavy atom. The number of amides is 1. The predicted octanol–water partition coefficient (Wildman–Crippen LogP) is 3.70. The molecule has 1 atom stereocenters. The summed E-state index contributed by atoms with van der Waals surface area (Å²) in [6.45, 7) is 7.04. The number of nitrogens with zero attached hydrogens (tertiary/aromatic N) is 4. The number of piperidine rings is 1. The lowest BCUT2D eigenvalue weighted by atomic mass is 9.93. The summed E-state index contributed by atoms with van der Waals surface area (Å²) in [6.07, 6.45) is 11.7. The molecule has 1 N–H and O–H groups in total. The average molecular weight is 374 g/mol. The summed E-state index contributed by atoms with van der Waals surface area (Å²) < 4.78 is 0. The van der Waals surface area contributed by atoms with Gasteiger partial charge in [-0.15, -0.1) is 0 Å². The van der Waals surface area contributed by atoms with Crippen molar-refractivity contribution in [1.82, 2.24) is 14.9 Å². The third kappa shape index (κ3) is 6.08. The molecule has 3 rings (SSSR count). The minimum absolute atomic E-state index is 0.363. The van der Waals surface area contributed by atoms with E-state index in [1.807, 2.05) is 0 Å². The monoisotopic (exact) mass is 373 g/mol. The third-order valence-electron chi connectivity index (χ3n) is 5.78. The van der Waals surface area contributed by atoms with Crippen molar-refractivity contribution < 1.29 is 4.79 Å². The zero-order chi connectivity index (χ0) is 18.9. The zero-order valence-corrected chi connectivity index (χ0v) is 16.8. The number of aromatic nitrogens is 2. The van der Waals surface area contributed by atoms with Crippen LogP contribution in [0.25, 0.3) is 0 Å². The van der Waals surface area contributed by atoms with Gasteiger partial charge in [0.25, 0.3) is 0 Å². The Labute approximate surface area is 163 Å². The van der Waals surface area contributed by atoms with Gasteiger partial charge in [0.1, 0.15) is 18.0 Å². The van der Waals surface area contributed by atoms with Crippen LogP contribution >= 0.6 is 0 Å². The van der Waals surface area contributed by atoms with Crippen LogP contribution in [0.4, 0.5) is 11.6 Å². The first-order valence-electron chi connectivity index (χ1n) is 10.8. The number of likely N-dealkylation sites (tertiary alicyclic amines) is 1. The molecule has 2 aliphatic heterocycles. The molecule has 1 aromatic heterocycles. The van der Waals surface area contributed by atoms with Gasteiger partial charge in [0.15, 0.2) is 0 Å². The zero-order valence-electron chi connectivity index (χ0n) is 16.8. The van der Waals surface area contributed by atoms with Gasteiger partial charge in [-0.1, -0.05) is 19.8 Å². The molecule has 0 spiro atoms. The van der Waals surface area contributed by atoms with Crippen LogP contribution < -0.4 is 10.2 Å². The van der Waals surface area contributed by atoms with Gasteiger partial charge >= 0.3 is 0 Å². The first-order chi connectivity index (χ1) is 13.3. The van der Waals surface area contributed by atoms with E-state index in [1.54, 1.807) is 6.33 Å². The molecule has 1 aromatic rings. The Bertz CT molecular complexity index is 586. The predicted molar refractivity (Wildman–Crippen MR) is 110 cm³/mol. The fourth-order valence-corrected chi connectivity index (χ4v) is 4.18. The van der Waals surface area contributed by atoms with Crippen molar-refractivity contribution in [3.8, 4) is 0 Å². The number of hydrogen-bond acceptors (Lipinski definition) is 5. The Kier molecular flexibility index (Phi) is 7.72. The second kappa shape index (κ2) is 10.5. The molecule has 6 heteroatoms. The highest BCUT2D eigenvalue weighted by atomic mass is 16.2. The van der Waals surface area contributed by atoms with Crippen LogP contribution in [0, 0.1) is 5.92 Å². The van der Waals surface area contributed by atoms with Crippen LogP contribution in [-0.4, -0.2) is 53.5 Å². The number of nitrogens with one attached hydrogen (secondary N) is 1. The molecule has 2 fully saturated rings. The molecule has 0 saturated carbocycles. The maximum Gasteiger partial charge on any atom is 0.222 e. The number of hydrogen-bond donors (Lipinski definition) is 1. The van der Waals surface area contributed by atoms with Crippen molar-refractivity contribution in [3.05, 3.63) is 12.4 Å². The summed E-state index contributed by atoms with van der Waals surface area (Å²) in [5.74, 6) is 2.85. The molecule has 0 unspecified atom stereocenters. The molecule has 27 heavy (non-hydrogen) atoms. The van der Waals surface area contributed by atoms with Gasteiger partial charge < -0.3 is 15.1 Å². The topological polar surface area (TPSA) is 61.4 Å². The summed E-state index contributed by atoms with van der Waals surface area (Å²) >= 11 is 0. The molecule has 0 aliphatic carbocycles. The van der Waals surface area contributed by atoms with Crippen LogP contribution in [0.15, 0.2) is 12.4 Å². The number of carbonyl (C=O) groups is 1. The average Bonchev–Trinajstić information content (AvgIpc) is 3.00. The maximum absolute atomic E-state index is 12.6. The normalized spacial score (nSPS) is 21.0. The van der Waals surface area contributed by atoms with E-state index in [1.165, 1.54) is 38.5 Å². The van der Waals surface area contributed by atoms with Gasteiger partial charge in [0, 0.05) is 45.2 Å². The van der Waals surface area contributed by atoms with E-state index in [9.17, 15) is 4.79 Å². The SMILES string of the molecule is CCCNc1cc(N2CCC[C@@H](CCC(=O)N3CCCCCC3)C2)ncn1. The Balaban J connectivity index is 1.49. The molecule has 2 saturated heterocycles. The lowest BCUT2D eigenvalue weighted by Gasteiger charge is -2.34. The van der Waals surface area contributed by atoms with E-state index < -0.39 is 0 Å². The molecular formula is C21H35N5O. The molecule has 0 aromatic carbocycles. The summed E-state index contributed by atoms with van der Waals surface area (Å²) in [6, 6.07) is 2.06. The molecule has 0 bridgehead atoms. The van der Waals surface area contributed by atoms with E-state index in [2.05, 4.69) is 38.1 Å². The van der Waals surface area contributed by atoms with Gasteiger partial charge in [-0.2, -0.15) is 0 Å². The minimum atomic E-state index is 0.363. The Morgan fingerprint density at radius 2 is 1.96 bits per heavy atom. The van der Waals surface area contributed by atoms with Crippen molar-refractivity contribution in [1.29, 1.82) is 0 Å². The standard InChI is InChI=1S/C21H35N5O/c1-2-11-22-19-15-20(24-17-23-19)26-14-7-8-18(16-26)9-10-21(27)25-12-5-3-4-6-13-25/h15,17-18H,2-14,16H2,1H3,(H,22,23,24)/t18-/m0/s1. The Morgan fingerprint density at radius 3 is 2.74 bits per heavy atom. The van der Waals surface area contributed by atoms with E-state index in [-0.39, 0.29) is 0 Å². The van der Waals surface area contributed by atoms with Gasteiger partial charge in [0.2, 0.25) is 5.91 Å². The molecule has 150 valence electrons. The quantitative estimate of drug-likeness (QED) is 0.790. The van der Waals surface area contributed by atoms with Crippen LogP contribution in [0.1, 0.15) is 64.7 Å². The number of carbonyl (C=O) groups excluding carboxylic acids is 1. The third-order valence-corrected chi connectivity index (χ3v) is 5.78. The fourth-order valence-electron chi connectivity index (χ4n) is 4.18. The Hall–Kier alpha value is -1.85. The maximum atomic E-state index is 12.6. The number of anilines is 2. The number of rotatable bonds is 7. The van der Waals surface area contributed by atoms with Crippen molar-refractivity contribution in [2.24, 2.45) is 5.92 Å². The smallest absolute Gasteiger partial charge is 0.222 e. The summed E-state index contributed by atoms with van der Waals surface area (Å²) in [5, 5.41) is 3.34. The van der Waals surface area contributed by atoms with E-state index >= 15 is 0 Å². The van der Waals surface area contributed by atoms with Crippen molar-refractivity contribution in [2.75, 3.05) is 42.9 Å². The first kappa shape index (κ1) is 19.9. The molecule has 1 amide bonds. The second-order valence-corrected chi connectivity index (χ2v) is 7.98. The summed E-state index contributed by atoms with van der Waals surface area (Å²) in [7, 11) is 0. The van der Waals surface area contributed by atoms with Crippen LogP contribution in [0.5, 0.6) is 0 Å². The molecule has 6 nitrogen and oxygen atoms in total. The fraction of sp³-hybridized carbons (Fsp3) is 0.762. The van der Waals surface area contributed by atoms with Gasteiger partial charge in [-0.3, -0.25) is 4.79 Å². The van der Waals surface area contributed by atoms with Crippen LogP contribution in [-0.2, 0) is 4.79 Å². The lowest BCUT2D eigenvalue weighted by Crippen LogP contribution is -2.37. The highest BCUT2D eigenvalue weighted by molar-refractivity contribution is 5.76. The van der Waals surface area contributed by atoms with Gasteiger partial charge in [0.05, 0.1) is 0 Å². The molecule has 2 aliphatic rings. The summed E-state index contributed by atoms with van der Waals surface area (Å²) in [4.78, 5) is 25.8. The lowest BCUT2D eigenvalue weighted by molar-refractivity contribution is -0.131. The van der Waals surface area contributed by atoms with Gasteiger partial charge in [-0.05, 0) is 44.4 Å². The van der Waals surface area contributed by atoms with Crippen LogP contribution in [0.3, 0.4) is 0 Å². The first-order valence-corrected chi connectivity index (χ1v) is 10.8. The molecular weight excluding hydrogens is 338 g/mol. The highest BCUT2D eigenvalue weighted by Gasteiger charge is 2.23. The van der Waals surface area contributed by atoms with E-state index in [4.69, 9.17) is 0 Å². The van der Waals surface area contributed by atoms with Crippen molar-refractivity contribution >= 4 is 17.5 Å². The highest BCUT2D eigenvalue weighted by Crippen LogP contribution is 2.26. The van der Waals surface area contributed by atoms with Crippen molar-refractivity contribution in [3.63, 3.8) is 0 Å². The molecule has 0 radical (unpaired) electrons. The minimum Gasteiger partial charge on any atom is -0.370 e. The molecule has 3 heterocycles. The summed E-state index contributed by atoms with van der Waals surface area (Å²) in [5.41, 5.74) is 0. The largest absolute Gasteiger partial charge is 0.370 e. The van der Waals surface area contributed by atoms with Gasteiger partial charge in [-0.25, -0.2) is 9.97 Å². The van der Waals surface area contributed by atoms with Crippen molar-refractivity contribution in [2.45, 2.75) is 64.7 Å². The van der Waals surface area contributed by atoms with Crippen LogP contribution in [0.2, 0.25) is 0 Å². The van der Waals surface area contributed by atoms with E-state index in [0.29, 0.717) is 18.2 Å².